The first-order valence-corrected chi connectivity index (χ1v) is 9.56. The zero-order valence-corrected chi connectivity index (χ0v) is 15.8. The van der Waals surface area contributed by atoms with Crippen molar-refractivity contribution in [3.63, 3.8) is 0 Å². The molecule has 1 fully saturated rings. The molecule has 0 unspecified atom stereocenters. The summed E-state index contributed by atoms with van der Waals surface area (Å²) in [6.45, 7) is 2.15. The van der Waals surface area contributed by atoms with Crippen LogP contribution in [0.2, 0.25) is 0 Å². The summed E-state index contributed by atoms with van der Waals surface area (Å²) in [5, 5.41) is 0. The van der Waals surface area contributed by atoms with Crippen LogP contribution in [0, 0.1) is 5.41 Å². The van der Waals surface area contributed by atoms with Crippen molar-refractivity contribution in [1.82, 2.24) is 0 Å². The summed E-state index contributed by atoms with van der Waals surface area (Å²) >= 11 is 14.0. The Bertz CT molecular complexity index is 970. The van der Waals surface area contributed by atoms with Crippen molar-refractivity contribution < 1.29 is 4.74 Å². The van der Waals surface area contributed by atoms with E-state index in [4.69, 9.17) is 27.9 Å². The van der Waals surface area contributed by atoms with Gasteiger partial charge in [-0.05, 0) is 17.2 Å². The molecule has 0 bridgehead atoms. The minimum atomic E-state index is -1.04. The van der Waals surface area contributed by atoms with Crippen LogP contribution in [-0.2, 0) is 5.60 Å². The topological polar surface area (TPSA) is 9.23 Å². The second-order valence-electron chi connectivity index (χ2n) is 7.31. The normalized spacial score (nSPS) is 30.7. The van der Waals surface area contributed by atoms with Gasteiger partial charge in [-0.25, -0.2) is 0 Å². The van der Waals surface area contributed by atoms with Crippen LogP contribution in [0.15, 0.2) is 84.9 Å². The van der Waals surface area contributed by atoms with Gasteiger partial charge in [-0.2, -0.15) is 0 Å². The summed E-state index contributed by atoms with van der Waals surface area (Å²) < 4.78 is 5.54. The van der Waals surface area contributed by atoms with Crippen molar-refractivity contribution >= 4 is 23.2 Å². The molecule has 0 radical (unpaired) electrons. The third-order valence-electron chi connectivity index (χ3n) is 6.15. The Labute approximate surface area is 163 Å². The molecule has 1 aliphatic heterocycles. The third-order valence-corrected chi connectivity index (χ3v) is 7.46. The molecule has 1 nitrogen and oxygen atoms in total. The number of hydrogen-bond acceptors (Lipinski definition) is 1. The Morgan fingerprint density at radius 2 is 1.35 bits per heavy atom. The fourth-order valence-corrected chi connectivity index (χ4v) is 5.91. The molecule has 5 rings (SSSR count). The van der Waals surface area contributed by atoms with Gasteiger partial charge in [0.05, 0.1) is 5.41 Å². The number of para-hydroxylation sites is 1. The van der Waals surface area contributed by atoms with Crippen LogP contribution in [-0.4, -0.2) is 4.33 Å². The highest BCUT2D eigenvalue weighted by Gasteiger charge is 2.91. The van der Waals surface area contributed by atoms with Gasteiger partial charge in [0.2, 0.25) is 0 Å². The van der Waals surface area contributed by atoms with Crippen molar-refractivity contribution in [2.24, 2.45) is 5.41 Å². The molecule has 0 amide bonds. The van der Waals surface area contributed by atoms with Gasteiger partial charge >= 0.3 is 0 Å². The lowest BCUT2D eigenvalue weighted by molar-refractivity contribution is 0.102. The average Bonchev–Trinajstić information content (AvgIpc) is 3.08. The molecule has 3 heteroatoms. The fraction of sp³-hybridized carbons (Fsp3) is 0.217. The lowest BCUT2D eigenvalue weighted by atomic mass is 9.74. The maximum Gasteiger partial charge on any atom is 0.177 e. The Morgan fingerprint density at radius 3 is 2.04 bits per heavy atom. The van der Waals surface area contributed by atoms with Crippen molar-refractivity contribution in [2.45, 2.75) is 22.8 Å². The molecule has 3 aromatic rings. The van der Waals surface area contributed by atoms with Crippen molar-refractivity contribution in [1.29, 1.82) is 0 Å². The first-order valence-electron chi connectivity index (χ1n) is 8.80. The number of rotatable bonds is 2. The highest BCUT2D eigenvalue weighted by atomic mass is 35.5. The molecule has 3 atom stereocenters. The molecule has 0 N–H and O–H groups in total. The van der Waals surface area contributed by atoms with Crippen LogP contribution in [0.4, 0.5) is 0 Å². The predicted octanol–water partition coefficient (Wildman–Crippen LogP) is 6.30. The summed E-state index contributed by atoms with van der Waals surface area (Å²) in [5.41, 5.74) is 2.09. The van der Waals surface area contributed by atoms with Crippen molar-refractivity contribution in [3.8, 4) is 5.75 Å². The quantitative estimate of drug-likeness (QED) is 0.474. The first-order chi connectivity index (χ1) is 12.5. The standard InChI is InChI=1S/C23H18Cl2O/c1-21-20(16-10-4-2-5-11-16)18-14-8-9-15-19(18)26-22(21,23(21,24)25)17-12-6-3-7-13-17/h2-15,20H,1H3/t20-,21+,22-/m0/s1. The summed E-state index contributed by atoms with van der Waals surface area (Å²) in [7, 11) is 0. The molecule has 130 valence electrons. The molecule has 0 aromatic heterocycles. The largest absolute Gasteiger partial charge is 0.478 e. The average molecular weight is 381 g/mol. The Morgan fingerprint density at radius 1 is 0.769 bits per heavy atom. The SMILES string of the molecule is C[C@@]12[C@@H](c3ccccc3)c3ccccc3O[C@]1(c1ccccc1)C2(Cl)Cl. The maximum atomic E-state index is 7.02. The number of halogens is 2. The van der Waals surface area contributed by atoms with E-state index in [1.54, 1.807) is 0 Å². The van der Waals surface area contributed by atoms with E-state index in [0.29, 0.717) is 0 Å². The van der Waals surface area contributed by atoms with Crippen LogP contribution in [0.5, 0.6) is 5.75 Å². The molecule has 1 saturated carbocycles. The van der Waals surface area contributed by atoms with E-state index in [1.165, 1.54) is 5.56 Å². The van der Waals surface area contributed by atoms with E-state index in [9.17, 15) is 0 Å². The number of hydrogen-bond donors (Lipinski definition) is 0. The lowest BCUT2D eigenvalue weighted by Crippen LogP contribution is -2.33. The van der Waals surface area contributed by atoms with Gasteiger partial charge in [0.25, 0.3) is 0 Å². The minimum Gasteiger partial charge on any atom is -0.478 e. The van der Waals surface area contributed by atoms with Gasteiger partial charge < -0.3 is 4.74 Å². The third kappa shape index (κ3) is 1.73. The van der Waals surface area contributed by atoms with E-state index in [2.05, 4.69) is 49.4 Å². The second kappa shape index (κ2) is 5.28. The monoisotopic (exact) mass is 380 g/mol. The smallest absolute Gasteiger partial charge is 0.177 e. The van der Waals surface area contributed by atoms with E-state index in [1.807, 2.05) is 42.5 Å². The van der Waals surface area contributed by atoms with E-state index in [-0.39, 0.29) is 5.92 Å². The highest BCUT2D eigenvalue weighted by molar-refractivity contribution is 6.53. The molecule has 3 aromatic carbocycles. The van der Waals surface area contributed by atoms with Gasteiger partial charge in [0.1, 0.15) is 5.75 Å². The summed E-state index contributed by atoms with van der Waals surface area (Å²) in [5.74, 6) is 0.898. The number of alkyl halides is 2. The molecule has 0 spiro atoms. The van der Waals surface area contributed by atoms with Crippen LogP contribution in [0.1, 0.15) is 29.5 Å². The van der Waals surface area contributed by atoms with Gasteiger partial charge in [-0.15, -0.1) is 0 Å². The zero-order chi connectivity index (χ0) is 18.0. The molecule has 1 aliphatic carbocycles. The number of fused-ring (bicyclic) bond motifs is 2. The molecule has 2 aliphatic rings. The molecule has 0 saturated heterocycles. The summed E-state index contributed by atoms with van der Waals surface area (Å²) in [6.07, 6.45) is 0. The van der Waals surface area contributed by atoms with Crippen LogP contribution in [0.3, 0.4) is 0 Å². The molecular formula is C23H18Cl2O. The fourth-order valence-electron chi connectivity index (χ4n) is 4.83. The highest BCUT2D eigenvalue weighted by Crippen LogP contribution is 2.85. The predicted molar refractivity (Wildman–Crippen MR) is 106 cm³/mol. The zero-order valence-electron chi connectivity index (χ0n) is 14.3. The molecule has 1 heterocycles. The Kier molecular flexibility index (Phi) is 3.30. The maximum absolute atomic E-state index is 7.02. The van der Waals surface area contributed by atoms with E-state index < -0.39 is 15.3 Å². The molecular weight excluding hydrogens is 363 g/mol. The van der Waals surface area contributed by atoms with Gasteiger partial charge in [-0.1, -0.05) is 109 Å². The first kappa shape index (κ1) is 16.2. The number of benzene rings is 3. The Hall–Kier alpha value is -1.96. The minimum absolute atomic E-state index is 0.0452. The summed E-state index contributed by atoms with van der Waals surface area (Å²) in [4.78, 5) is 0. The van der Waals surface area contributed by atoms with Crippen LogP contribution in [0.25, 0.3) is 0 Å². The van der Waals surface area contributed by atoms with Crippen molar-refractivity contribution in [2.75, 3.05) is 0 Å². The van der Waals surface area contributed by atoms with E-state index in [0.717, 1.165) is 16.9 Å². The van der Waals surface area contributed by atoms with Crippen LogP contribution >= 0.6 is 23.2 Å². The van der Waals surface area contributed by atoms with Gasteiger partial charge in [-0.3, -0.25) is 0 Å². The van der Waals surface area contributed by atoms with Crippen molar-refractivity contribution in [3.05, 3.63) is 102 Å². The summed E-state index contributed by atoms with van der Waals surface area (Å²) in [6, 6.07) is 28.8. The Balaban J connectivity index is 1.81. The van der Waals surface area contributed by atoms with Gasteiger partial charge in [0.15, 0.2) is 9.93 Å². The molecule has 26 heavy (non-hydrogen) atoms. The lowest BCUT2D eigenvalue weighted by Gasteiger charge is -2.36. The number of ether oxygens (including phenoxy) is 1. The second-order valence-corrected chi connectivity index (χ2v) is 8.63. The van der Waals surface area contributed by atoms with E-state index >= 15 is 0 Å². The van der Waals surface area contributed by atoms with Crippen LogP contribution < -0.4 is 4.74 Å². The van der Waals surface area contributed by atoms with Gasteiger partial charge in [0, 0.05) is 11.5 Å².